The molecule has 2 aromatic carbocycles. The molecular weight excluding hydrogens is 575 g/mol. The minimum absolute atomic E-state index is 0.000770. The molecule has 0 bridgehead atoms. The highest BCUT2D eigenvalue weighted by atomic mass is 79.9. The third-order valence-corrected chi connectivity index (χ3v) is 7.65. The van der Waals surface area contributed by atoms with Crippen molar-refractivity contribution in [2.24, 2.45) is 0 Å². The summed E-state index contributed by atoms with van der Waals surface area (Å²) >= 11 is 9.86. The minimum Gasteiger partial charge on any atom is -0.495 e. The van der Waals surface area contributed by atoms with Crippen molar-refractivity contribution in [3.8, 4) is 5.75 Å². The van der Waals surface area contributed by atoms with E-state index in [1.165, 1.54) is 0 Å². The first-order chi connectivity index (χ1) is 17.7. The van der Waals surface area contributed by atoms with E-state index in [2.05, 4.69) is 31.2 Å². The lowest BCUT2D eigenvalue weighted by Crippen LogP contribution is -2.49. The number of para-hydroxylation sites is 2. The lowest BCUT2D eigenvalue weighted by Gasteiger charge is -2.36. The molecule has 1 amide bonds. The molecule has 1 N–H and O–H groups in total. The van der Waals surface area contributed by atoms with Crippen LogP contribution in [0.25, 0.3) is 0 Å². The fourth-order valence-electron chi connectivity index (χ4n) is 4.83. The van der Waals surface area contributed by atoms with Crippen LogP contribution in [-0.4, -0.2) is 60.1 Å². The Balaban J connectivity index is 1.38. The number of alkyl halides is 3. The van der Waals surface area contributed by atoms with Crippen LogP contribution in [0.3, 0.4) is 0 Å². The molecule has 0 radical (unpaired) electrons. The molecule has 3 aromatic rings. The summed E-state index contributed by atoms with van der Waals surface area (Å²) in [5, 5.41) is 7.07. The Morgan fingerprint density at radius 1 is 1.11 bits per heavy atom. The van der Waals surface area contributed by atoms with E-state index in [1.807, 2.05) is 24.3 Å². The molecule has 0 spiro atoms. The van der Waals surface area contributed by atoms with Crippen molar-refractivity contribution in [2.75, 3.05) is 43.5 Å². The standard InChI is InChI=1S/C25H24BrClF3N5O2/c1-37-19-5-3-2-4-18(19)33-10-12-34(13-11-33)24(36)22-21(27)23-31-17(15-6-8-16(26)9-7-15)14-20(25(28,29)30)35(23)32-22/h2-9,17,20,31H,10-14H2,1H3/t17-,20+/m0/s1. The van der Waals surface area contributed by atoms with Gasteiger partial charge in [0.05, 0.1) is 18.8 Å². The lowest BCUT2D eigenvalue weighted by atomic mass is 9.97. The largest absolute Gasteiger partial charge is 0.495 e. The number of carbonyl (C=O) groups is 1. The van der Waals surface area contributed by atoms with Gasteiger partial charge in [0.15, 0.2) is 11.7 Å². The number of rotatable bonds is 4. The molecule has 1 fully saturated rings. The van der Waals surface area contributed by atoms with Gasteiger partial charge >= 0.3 is 6.18 Å². The molecule has 5 rings (SSSR count). The number of hydrogen-bond acceptors (Lipinski definition) is 5. The molecule has 3 heterocycles. The highest BCUT2D eigenvalue weighted by Crippen LogP contribution is 2.46. The fraction of sp³-hybridized carbons (Fsp3) is 0.360. The summed E-state index contributed by atoms with van der Waals surface area (Å²) in [5.74, 6) is 0.241. The van der Waals surface area contributed by atoms with E-state index in [0.29, 0.717) is 31.7 Å². The summed E-state index contributed by atoms with van der Waals surface area (Å²) in [6, 6.07) is 12.1. The number of aromatic nitrogens is 2. The molecule has 2 aliphatic heterocycles. The van der Waals surface area contributed by atoms with Crippen LogP contribution in [0.5, 0.6) is 5.75 Å². The zero-order valence-corrected chi connectivity index (χ0v) is 22.1. The Bertz CT molecular complexity index is 1290. The first-order valence-electron chi connectivity index (χ1n) is 11.7. The van der Waals surface area contributed by atoms with E-state index in [0.717, 1.165) is 20.6 Å². The number of halogens is 5. The van der Waals surface area contributed by atoms with Crippen LogP contribution in [0.1, 0.15) is 34.6 Å². The monoisotopic (exact) mass is 597 g/mol. The Morgan fingerprint density at radius 3 is 2.43 bits per heavy atom. The van der Waals surface area contributed by atoms with Crippen LogP contribution in [0.4, 0.5) is 24.7 Å². The molecular formula is C25H24BrClF3N5O2. The van der Waals surface area contributed by atoms with Gasteiger partial charge in [0.25, 0.3) is 5.91 Å². The van der Waals surface area contributed by atoms with Gasteiger partial charge < -0.3 is 19.9 Å². The maximum Gasteiger partial charge on any atom is 0.410 e. The van der Waals surface area contributed by atoms with E-state index in [9.17, 15) is 18.0 Å². The SMILES string of the molecule is COc1ccccc1N1CCN(C(=O)c2nn3c(c2Cl)N[C@H](c2ccc(Br)cc2)C[C@@H]3C(F)(F)F)CC1. The zero-order chi connectivity index (χ0) is 26.3. The van der Waals surface area contributed by atoms with Crippen molar-refractivity contribution >= 4 is 44.9 Å². The Hall–Kier alpha value is -2.92. The summed E-state index contributed by atoms with van der Waals surface area (Å²) in [6.07, 6.45) is -4.85. The van der Waals surface area contributed by atoms with Crippen LogP contribution < -0.4 is 15.0 Å². The van der Waals surface area contributed by atoms with Crippen LogP contribution in [0.2, 0.25) is 5.02 Å². The highest BCUT2D eigenvalue weighted by molar-refractivity contribution is 9.10. The average molecular weight is 599 g/mol. The molecule has 2 aliphatic rings. The lowest BCUT2D eigenvalue weighted by molar-refractivity contribution is -0.173. The van der Waals surface area contributed by atoms with Crippen LogP contribution in [-0.2, 0) is 0 Å². The highest BCUT2D eigenvalue weighted by Gasteiger charge is 2.48. The topological polar surface area (TPSA) is 62.6 Å². The van der Waals surface area contributed by atoms with Crippen LogP contribution in [0.15, 0.2) is 53.0 Å². The number of benzene rings is 2. The second kappa shape index (κ2) is 10.1. The predicted molar refractivity (Wildman–Crippen MR) is 139 cm³/mol. The fourth-order valence-corrected chi connectivity index (χ4v) is 5.36. The van der Waals surface area contributed by atoms with Crippen molar-refractivity contribution in [1.82, 2.24) is 14.7 Å². The normalized spacial score (nSPS) is 19.8. The minimum atomic E-state index is -4.57. The molecule has 1 aromatic heterocycles. The molecule has 0 aliphatic carbocycles. The third-order valence-electron chi connectivity index (χ3n) is 6.76. The van der Waals surface area contributed by atoms with Crippen LogP contribution in [0, 0.1) is 0 Å². The molecule has 196 valence electrons. The van der Waals surface area contributed by atoms with Crippen molar-refractivity contribution in [3.63, 3.8) is 0 Å². The van der Waals surface area contributed by atoms with Gasteiger partial charge in [0.2, 0.25) is 0 Å². The summed E-state index contributed by atoms with van der Waals surface area (Å²) in [5.41, 5.74) is 1.42. The van der Waals surface area contributed by atoms with E-state index in [1.54, 1.807) is 36.3 Å². The molecule has 0 saturated carbocycles. The molecule has 12 heteroatoms. The number of ether oxygens (including phenoxy) is 1. The first-order valence-corrected chi connectivity index (χ1v) is 12.9. The van der Waals surface area contributed by atoms with Crippen molar-refractivity contribution < 1.29 is 22.7 Å². The van der Waals surface area contributed by atoms with Gasteiger partial charge in [-0.15, -0.1) is 0 Å². The van der Waals surface area contributed by atoms with Gasteiger partial charge in [-0.25, -0.2) is 4.68 Å². The predicted octanol–water partition coefficient (Wildman–Crippen LogP) is 5.93. The summed E-state index contributed by atoms with van der Waals surface area (Å²) < 4.78 is 49.3. The van der Waals surface area contributed by atoms with Gasteiger partial charge in [-0.1, -0.05) is 51.8 Å². The Morgan fingerprint density at radius 2 is 1.78 bits per heavy atom. The second-order valence-electron chi connectivity index (χ2n) is 8.95. The number of fused-ring (bicyclic) bond motifs is 1. The third kappa shape index (κ3) is 4.98. The van der Waals surface area contributed by atoms with Gasteiger partial charge in [0.1, 0.15) is 16.6 Å². The van der Waals surface area contributed by atoms with Crippen molar-refractivity contribution in [2.45, 2.75) is 24.7 Å². The van der Waals surface area contributed by atoms with Gasteiger partial charge in [0, 0.05) is 37.1 Å². The van der Waals surface area contributed by atoms with E-state index < -0.39 is 24.2 Å². The average Bonchev–Trinajstić information content (AvgIpc) is 3.23. The number of methoxy groups -OCH3 is 1. The molecule has 2 atom stereocenters. The number of anilines is 2. The summed E-state index contributed by atoms with van der Waals surface area (Å²) in [6.45, 7) is 1.80. The van der Waals surface area contributed by atoms with E-state index >= 15 is 0 Å². The maximum absolute atomic E-state index is 14.1. The Labute approximate surface area is 225 Å². The molecule has 7 nitrogen and oxygen atoms in total. The van der Waals surface area contributed by atoms with Gasteiger partial charge in [-0.2, -0.15) is 18.3 Å². The zero-order valence-electron chi connectivity index (χ0n) is 19.8. The van der Waals surface area contributed by atoms with Crippen LogP contribution >= 0.6 is 27.5 Å². The number of piperazine rings is 1. The second-order valence-corrected chi connectivity index (χ2v) is 10.2. The number of amides is 1. The molecule has 0 unspecified atom stereocenters. The number of nitrogens with zero attached hydrogens (tertiary/aromatic N) is 4. The summed E-state index contributed by atoms with van der Waals surface area (Å²) in [7, 11) is 1.60. The summed E-state index contributed by atoms with van der Waals surface area (Å²) in [4.78, 5) is 17.0. The smallest absolute Gasteiger partial charge is 0.410 e. The van der Waals surface area contributed by atoms with E-state index in [4.69, 9.17) is 16.3 Å². The van der Waals surface area contributed by atoms with Gasteiger partial charge in [-0.3, -0.25) is 4.79 Å². The van der Waals surface area contributed by atoms with Crippen molar-refractivity contribution in [3.05, 3.63) is 69.3 Å². The van der Waals surface area contributed by atoms with Crippen molar-refractivity contribution in [1.29, 1.82) is 0 Å². The van der Waals surface area contributed by atoms with Gasteiger partial charge in [-0.05, 0) is 29.8 Å². The number of carbonyl (C=O) groups excluding carboxylic acids is 1. The number of hydrogen-bond donors (Lipinski definition) is 1. The molecule has 1 saturated heterocycles. The molecule has 37 heavy (non-hydrogen) atoms. The van der Waals surface area contributed by atoms with E-state index in [-0.39, 0.29) is 23.0 Å². The first kappa shape index (κ1) is 25.7. The number of nitrogens with one attached hydrogen (secondary N) is 1. The maximum atomic E-state index is 14.1. The quantitative estimate of drug-likeness (QED) is 0.404. The Kier molecular flexibility index (Phi) is 7.01.